The highest BCUT2D eigenvalue weighted by Crippen LogP contribution is 2.53. The second-order valence-electron chi connectivity index (χ2n) is 10.7. The normalized spacial score (nSPS) is 18.0. The highest BCUT2D eigenvalue weighted by atomic mass is 32.2. The van der Waals surface area contributed by atoms with Gasteiger partial charge in [0, 0.05) is 67.5 Å². The van der Waals surface area contributed by atoms with E-state index in [1.54, 1.807) is 30.6 Å². The molecule has 0 saturated carbocycles. The van der Waals surface area contributed by atoms with E-state index in [0.717, 1.165) is 9.99 Å². The molecule has 6 rings (SSSR count). The summed E-state index contributed by atoms with van der Waals surface area (Å²) < 4.78 is 51.9. The lowest BCUT2D eigenvalue weighted by Gasteiger charge is -2.45. The van der Waals surface area contributed by atoms with Gasteiger partial charge in [-0.3, -0.25) is 14.7 Å². The van der Waals surface area contributed by atoms with Gasteiger partial charge in [0.25, 0.3) is 15.9 Å². The second kappa shape index (κ2) is 12.4. The molecule has 1 fully saturated rings. The van der Waals surface area contributed by atoms with E-state index < -0.39 is 21.5 Å². The molecule has 0 aliphatic carbocycles. The van der Waals surface area contributed by atoms with Gasteiger partial charge in [-0.25, -0.2) is 12.7 Å². The zero-order chi connectivity index (χ0) is 33.3. The molecule has 1 atom stereocenters. The quantitative estimate of drug-likeness (QED) is 0.261. The summed E-state index contributed by atoms with van der Waals surface area (Å²) in [5.74, 6) is -0.0818. The summed E-state index contributed by atoms with van der Waals surface area (Å²) in [4.78, 5) is 27.8. The van der Waals surface area contributed by atoms with E-state index in [9.17, 15) is 13.7 Å². The van der Waals surface area contributed by atoms with E-state index in [2.05, 4.69) is 20.9 Å². The van der Waals surface area contributed by atoms with Crippen molar-refractivity contribution in [2.45, 2.75) is 10.4 Å². The number of sulfonamides is 1. The Morgan fingerprint density at radius 3 is 2.21 bits per heavy atom. The molecule has 242 valence electrons. The first-order chi connectivity index (χ1) is 22.7. The van der Waals surface area contributed by atoms with Gasteiger partial charge in [-0.05, 0) is 48.5 Å². The molecule has 4 aromatic rings. The molecule has 13 nitrogen and oxygen atoms in total. The number of hydrogen-bond donors (Lipinski definition) is 0. The van der Waals surface area contributed by atoms with E-state index in [0.29, 0.717) is 43.1 Å². The van der Waals surface area contributed by atoms with E-state index in [1.807, 2.05) is 17.0 Å². The molecule has 2 aromatic carbocycles. The second-order valence-corrected chi connectivity index (χ2v) is 12.5. The van der Waals surface area contributed by atoms with Crippen LogP contribution in [-0.4, -0.2) is 83.8 Å². The number of aromatic nitrogens is 2. The molecular weight excluding hydrogens is 624 g/mol. The Morgan fingerprint density at radius 2 is 1.57 bits per heavy atom. The van der Waals surface area contributed by atoms with Crippen LogP contribution in [0.2, 0.25) is 0 Å². The third-order valence-electron chi connectivity index (χ3n) is 8.53. The SMILES string of the molecule is COc1ccc(S(=O)(=O)N2C(=O)C(c3ccc(OC)nc3OC)(N3CCN(c4ccncc4)CC3)c3cc(C#N)ccc32)c(OC)c1. The Bertz CT molecular complexity index is 1980. The van der Waals surface area contributed by atoms with Crippen LogP contribution < -0.4 is 28.2 Å². The molecular formula is C33H32N6O7S. The van der Waals surface area contributed by atoms with Gasteiger partial charge in [0.15, 0.2) is 5.54 Å². The van der Waals surface area contributed by atoms with Crippen molar-refractivity contribution >= 4 is 27.3 Å². The van der Waals surface area contributed by atoms with Gasteiger partial charge in [0.2, 0.25) is 11.8 Å². The Balaban J connectivity index is 1.59. The maximum absolute atomic E-state index is 15.3. The molecule has 1 saturated heterocycles. The van der Waals surface area contributed by atoms with Crippen LogP contribution in [0.4, 0.5) is 11.4 Å². The number of amides is 1. The number of fused-ring (bicyclic) bond motifs is 1. The van der Waals surface area contributed by atoms with Gasteiger partial charge in [0.1, 0.15) is 16.4 Å². The van der Waals surface area contributed by atoms with Gasteiger partial charge >= 0.3 is 0 Å². The number of nitriles is 1. The molecule has 14 heteroatoms. The molecule has 2 aromatic heterocycles. The number of carbonyl (C=O) groups excluding carboxylic acids is 1. The Labute approximate surface area is 272 Å². The van der Waals surface area contributed by atoms with Crippen LogP contribution in [0.1, 0.15) is 16.7 Å². The van der Waals surface area contributed by atoms with Crippen molar-refractivity contribution in [3.63, 3.8) is 0 Å². The molecule has 1 amide bonds. The van der Waals surface area contributed by atoms with Crippen molar-refractivity contribution in [1.29, 1.82) is 5.26 Å². The van der Waals surface area contributed by atoms with Crippen LogP contribution in [-0.2, 0) is 20.4 Å². The summed E-state index contributed by atoms with van der Waals surface area (Å²) in [6.45, 7) is 1.72. The van der Waals surface area contributed by atoms with Crippen LogP contribution in [0.25, 0.3) is 0 Å². The number of benzene rings is 2. The highest BCUT2D eigenvalue weighted by molar-refractivity contribution is 7.93. The van der Waals surface area contributed by atoms with Crippen molar-refractivity contribution in [3.05, 3.63) is 89.7 Å². The van der Waals surface area contributed by atoms with Gasteiger partial charge in [-0.2, -0.15) is 10.2 Å². The lowest BCUT2D eigenvalue weighted by molar-refractivity contribution is -0.127. The molecule has 47 heavy (non-hydrogen) atoms. The van der Waals surface area contributed by atoms with E-state index in [1.165, 1.54) is 58.8 Å². The number of piperazine rings is 1. The molecule has 0 N–H and O–H groups in total. The molecule has 1 unspecified atom stereocenters. The van der Waals surface area contributed by atoms with Crippen molar-refractivity contribution in [3.8, 4) is 29.3 Å². The number of nitrogens with zero attached hydrogens (tertiary/aromatic N) is 6. The zero-order valence-corrected chi connectivity index (χ0v) is 27.0. The number of hydrogen-bond acceptors (Lipinski definition) is 12. The van der Waals surface area contributed by atoms with E-state index >= 15 is 4.79 Å². The Morgan fingerprint density at radius 1 is 0.830 bits per heavy atom. The van der Waals surface area contributed by atoms with E-state index in [-0.39, 0.29) is 33.7 Å². The third kappa shape index (κ3) is 5.04. The molecule has 0 bridgehead atoms. The van der Waals surface area contributed by atoms with Crippen LogP contribution in [0.3, 0.4) is 0 Å². The van der Waals surface area contributed by atoms with Crippen molar-refractivity contribution in [1.82, 2.24) is 14.9 Å². The van der Waals surface area contributed by atoms with Crippen molar-refractivity contribution in [2.75, 3.05) is 63.8 Å². The average Bonchev–Trinajstić information content (AvgIpc) is 3.39. The molecule has 2 aliphatic heterocycles. The number of carbonyl (C=O) groups is 1. The van der Waals surface area contributed by atoms with E-state index in [4.69, 9.17) is 18.9 Å². The van der Waals surface area contributed by atoms with Gasteiger partial charge in [0.05, 0.1) is 45.8 Å². The van der Waals surface area contributed by atoms with Gasteiger partial charge in [-0.1, -0.05) is 0 Å². The summed E-state index contributed by atoms with van der Waals surface area (Å²) in [7, 11) is 1.07. The highest BCUT2D eigenvalue weighted by Gasteiger charge is 2.61. The number of ether oxygens (including phenoxy) is 4. The average molecular weight is 657 g/mol. The van der Waals surface area contributed by atoms with Crippen LogP contribution in [0, 0.1) is 11.3 Å². The number of rotatable bonds is 9. The fourth-order valence-corrected chi connectivity index (χ4v) is 7.93. The van der Waals surface area contributed by atoms with Crippen LogP contribution >= 0.6 is 0 Å². The maximum Gasteiger partial charge on any atom is 0.274 e. The monoisotopic (exact) mass is 656 g/mol. The first kappa shape index (κ1) is 31.6. The summed E-state index contributed by atoms with van der Waals surface area (Å²) in [5, 5.41) is 9.96. The minimum atomic E-state index is -4.60. The predicted octanol–water partition coefficient (Wildman–Crippen LogP) is 3.18. The molecule has 0 spiro atoms. The number of pyridine rings is 2. The summed E-state index contributed by atoms with van der Waals surface area (Å²) in [5.41, 5.74) is 0.167. The summed E-state index contributed by atoms with van der Waals surface area (Å²) in [6.07, 6.45) is 3.43. The van der Waals surface area contributed by atoms with Crippen LogP contribution in [0.15, 0.2) is 78.0 Å². The summed E-state index contributed by atoms with van der Waals surface area (Å²) >= 11 is 0. The molecule has 2 aliphatic rings. The minimum Gasteiger partial charge on any atom is -0.497 e. The number of methoxy groups -OCH3 is 4. The van der Waals surface area contributed by atoms with Gasteiger partial charge in [-0.15, -0.1) is 0 Å². The standard InChI is InChI=1S/C33H32N6O7S/c1-43-24-6-9-29(28(20-24)44-2)47(41,42)39-27-8-5-22(21-34)19-26(27)33(32(39)40,25-7-10-30(45-3)36-31(25)46-4)38-17-15-37(16-18-38)23-11-13-35-14-12-23/h5-14,19-20H,15-18H2,1-4H3. The molecule has 0 radical (unpaired) electrons. The summed E-state index contributed by atoms with van der Waals surface area (Å²) in [6, 6.07) is 18.0. The fraction of sp³-hybridized carbons (Fsp3) is 0.273. The Kier molecular flexibility index (Phi) is 8.35. The first-order valence-corrected chi connectivity index (χ1v) is 16.0. The predicted molar refractivity (Wildman–Crippen MR) is 172 cm³/mol. The fourth-order valence-electron chi connectivity index (χ4n) is 6.33. The lowest BCUT2D eigenvalue weighted by atomic mass is 9.81. The van der Waals surface area contributed by atoms with Crippen molar-refractivity contribution < 1.29 is 32.2 Å². The third-order valence-corrected chi connectivity index (χ3v) is 10.3. The molecule has 4 heterocycles. The first-order valence-electron chi connectivity index (χ1n) is 14.6. The smallest absolute Gasteiger partial charge is 0.274 e. The van der Waals surface area contributed by atoms with Crippen LogP contribution in [0.5, 0.6) is 23.3 Å². The number of anilines is 2. The van der Waals surface area contributed by atoms with Gasteiger partial charge < -0.3 is 23.8 Å². The maximum atomic E-state index is 15.3. The van der Waals surface area contributed by atoms with Crippen molar-refractivity contribution in [2.24, 2.45) is 0 Å². The zero-order valence-electron chi connectivity index (χ0n) is 26.2. The Hall–Kier alpha value is -5.39. The minimum absolute atomic E-state index is 0.000458. The lowest BCUT2D eigenvalue weighted by Crippen LogP contribution is -2.60. The largest absolute Gasteiger partial charge is 0.497 e. The topological polar surface area (TPSA) is 147 Å².